The van der Waals surface area contributed by atoms with E-state index in [0.717, 1.165) is 123 Å². The van der Waals surface area contributed by atoms with Crippen LogP contribution in [0.1, 0.15) is 180 Å². The molecule has 0 fully saturated rings. The minimum Gasteiger partial charge on any atom is -0.391 e. The Morgan fingerprint density at radius 2 is 0.745 bits per heavy atom. The maximum absolute atomic E-state index is 9.81. The van der Waals surface area contributed by atoms with Crippen LogP contribution in [-0.4, -0.2) is 147 Å². The average Bonchev–Trinajstić information content (AvgIpc) is 3.16. The Kier molecular flexibility index (Phi) is 75.8. The third-order valence-corrected chi connectivity index (χ3v) is 7.36. The van der Waals surface area contributed by atoms with Crippen molar-refractivity contribution in [3.8, 4) is 0 Å². The standard InChI is InChI=1S/C13H29NO2.C10H23NO2.C8H18O2.C6H14O2.C5H12.C3H8/c1-4-7-10-16-12-13(15)11-14(8-5-2)9-6-3;1-4-7-13-9-10(12)8-11(5-2)6-3;1-3-5-6-10-7-8(9)4-2;1-3-4-8-5-6(2)7;1-3-5-4-2;1-3-2/h13,15H,4-12H2,1-3H3;10,12H,4-9H2,1-3H3;8-9H,3-7H2,1-2H3;6-7H,3-5H2,1-2H3;3-5H2,1-2H3;3H2,1-2H3. The van der Waals surface area contributed by atoms with Crippen LogP contribution in [0, 0.1) is 0 Å². The van der Waals surface area contributed by atoms with Crippen LogP contribution in [0.25, 0.3) is 0 Å². The van der Waals surface area contributed by atoms with Crippen molar-refractivity contribution in [3.05, 3.63) is 0 Å². The number of aliphatic hydroxyl groups excluding tert-OH is 4. The zero-order chi connectivity index (χ0) is 43.4. The van der Waals surface area contributed by atoms with Gasteiger partial charge < -0.3 is 49.2 Å². The quantitative estimate of drug-likeness (QED) is 0.0505. The van der Waals surface area contributed by atoms with E-state index >= 15 is 0 Å². The molecule has 0 saturated heterocycles. The average molecular weight is 801 g/mol. The Bertz CT molecular complexity index is 581. The molecular formula is C45H104N2O8. The highest BCUT2D eigenvalue weighted by molar-refractivity contribution is 4.64. The molecule has 0 heterocycles. The molecule has 342 valence electrons. The zero-order valence-corrected chi connectivity index (χ0v) is 39.7. The number of nitrogens with zero attached hydrogens (tertiary/aromatic N) is 2. The summed E-state index contributed by atoms with van der Waals surface area (Å²) >= 11 is 0. The van der Waals surface area contributed by atoms with Crippen molar-refractivity contribution >= 4 is 0 Å². The van der Waals surface area contributed by atoms with Crippen LogP contribution in [-0.2, 0) is 18.9 Å². The summed E-state index contributed by atoms with van der Waals surface area (Å²) in [5.74, 6) is 0. The first-order valence-corrected chi connectivity index (χ1v) is 22.9. The van der Waals surface area contributed by atoms with Crippen LogP contribution in [0.4, 0.5) is 0 Å². The predicted molar refractivity (Wildman–Crippen MR) is 240 cm³/mol. The van der Waals surface area contributed by atoms with Crippen LogP contribution >= 0.6 is 0 Å². The van der Waals surface area contributed by atoms with E-state index in [-0.39, 0.29) is 24.4 Å². The molecule has 0 aromatic rings. The molecule has 0 saturated carbocycles. The highest BCUT2D eigenvalue weighted by Gasteiger charge is 2.10. The lowest BCUT2D eigenvalue weighted by molar-refractivity contribution is 0.0158. The number of hydrogen-bond acceptors (Lipinski definition) is 10. The van der Waals surface area contributed by atoms with E-state index in [0.29, 0.717) is 26.4 Å². The summed E-state index contributed by atoms with van der Waals surface area (Å²) in [5.41, 5.74) is 0. The highest BCUT2D eigenvalue weighted by atomic mass is 16.5. The topological polar surface area (TPSA) is 124 Å². The molecule has 0 aliphatic carbocycles. The molecule has 0 aromatic carbocycles. The van der Waals surface area contributed by atoms with E-state index in [1.165, 1.54) is 25.7 Å². The van der Waals surface area contributed by atoms with Crippen molar-refractivity contribution in [1.82, 2.24) is 9.80 Å². The van der Waals surface area contributed by atoms with Gasteiger partial charge in [-0.25, -0.2) is 0 Å². The number of unbranched alkanes of at least 4 members (excludes halogenated alkanes) is 4. The molecule has 0 spiro atoms. The monoisotopic (exact) mass is 801 g/mol. The lowest BCUT2D eigenvalue weighted by Crippen LogP contribution is -2.36. The Morgan fingerprint density at radius 3 is 1.04 bits per heavy atom. The van der Waals surface area contributed by atoms with Gasteiger partial charge in [-0.3, -0.25) is 0 Å². The molecule has 0 amide bonds. The van der Waals surface area contributed by atoms with E-state index < -0.39 is 0 Å². The molecule has 0 radical (unpaired) electrons. The number of aliphatic hydroxyl groups is 4. The van der Waals surface area contributed by atoms with Gasteiger partial charge in [0.05, 0.1) is 50.8 Å². The third-order valence-electron chi connectivity index (χ3n) is 7.36. The fraction of sp³-hybridized carbons (Fsp3) is 1.00. The Hall–Kier alpha value is -0.400. The molecular weight excluding hydrogens is 697 g/mol. The van der Waals surface area contributed by atoms with Crippen LogP contribution in [0.5, 0.6) is 0 Å². The Balaban J connectivity index is -0.000000139. The van der Waals surface area contributed by atoms with Gasteiger partial charge in [-0.2, -0.15) is 0 Å². The fourth-order valence-electron chi connectivity index (χ4n) is 4.28. The van der Waals surface area contributed by atoms with Gasteiger partial charge in [0.2, 0.25) is 0 Å². The largest absolute Gasteiger partial charge is 0.391 e. The first-order chi connectivity index (χ1) is 26.4. The number of likely N-dealkylation sites (N-methyl/N-ethyl adjacent to an activating group) is 1. The first kappa shape index (κ1) is 66.4. The van der Waals surface area contributed by atoms with Gasteiger partial charge in [0.15, 0.2) is 0 Å². The van der Waals surface area contributed by atoms with E-state index in [2.05, 4.69) is 86.0 Å². The van der Waals surface area contributed by atoms with Crippen molar-refractivity contribution in [2.45, 2.75) is 205 Å². The van der Waals surface area contributed by atoms with E-state index in [1.54, 1.807) is 6.92 Å². The summed E-state index contributed by atoms with van der Waals surface area (Å²) in [6.07, 6.45) is 13.6. The molecule has 55 heavy (non-hydrogen) atoms. The van der Waals surface area contributed by atoms with Gasteiger partial charge in [0.1, 0.15) is 0 Å². The summed E-state index contributed by atoms with van der Waals surface area (Å²) in [5, 5.41) is 37.0. The molecule has 0 bridgehead atoms. The molecule has 0 aliphatic heterocycles. The molecule has 4 unspecified atom stereocenters. The van der Waals surface area contributed by atoms with Gasteiger partial charge >= 0.3 is 0 Å². The highest BCUT2D eigenvalue weighted by Crippen LogP contribution is 1.99. The smallest absolute Gasteiger partial charge is 0.0900 e. The second-order valence-electron chi connectivity index (χ2n) is 14.1. The van der Waals surface area contributed by atoms with Crippen molar-refractivity contribution in [2.75, 3.05) is 92.1 Å². The van der Waals surface area contributed by atoms with Gasteiger partial charge in [0.25, 0.3) is 0 Å². The second kappa shape index (κ2) is 62.8. The zero-order valence-electron chi connectivity index (χ0n) is 39.7. The van der Waals surface area contributed by atoms with Crippen LogP contribution in [0.3, 0.4) is 0 Å². The minimum absolute atomic E-state index is 0.267. The lowest BCUT2D eigenvalue weighted by atomic mass is 10.3. The van der Waals surface area contributed by atoms with Crippen LogP contribution < -0.4 is 0 Å². The van der Waals surface area contributed by atoms with Gasteiger partial charge in [0, 0.05) is 39.5 Å². The van der Waals surface area contributed by atoms with Crippen LogP contribution in [0.2, 0.25) is 0 Å². The minimum atomic E-state index is -0.341. The summed E-state index contributed by atoms with van der Waals surface area (Å²) < 4.78 is 20.8. The molecule has 4 atom stereocenters. The van der Waals surface area contributed by atoms with E-state index in [1.807, 2.05) is 13.8 Å². The molecule has 4 N–H and O–H groups in total. The lowest BCUT2D eigenvalue weighted by Gasteiger charge is -2.23. The first-order valence-electron chi connectivity index (χ1n) is 22.9. The summed E-state index contributed by atoms with van der Waals surface area (Å²) in [6, 6.07) is 0. The normalized spacial score (nSPS) is 12.7. The second-order valence-corrected chi connectivity index (χ2v) is 14.1. The number of rotatable bonds is 31. The van der Waals surface area contributed by atoms with Gasteiger partial charge in [-0.05, 0) is 78.0 Å². The Labute approximate surface area is 345 Å². The fourth-order valence-corrected chi connectivity index (χ4v) is 4.28. The summed E-state index contributed by atoms with van der Waals surface area (Å²) in [4.78, 5) is 4.51. The number of ether oxygens (including phenoxy) is 4. The molecule has 0 rings (SSSR count). The van der Waals surface area contributed by atoms with Crippen molar-refractivity contribution < 1.29 is 39.4 Å². The van der Waals surface area contributed by atoms with E-state index in [9.17, 15) is 10.2 Å². The number of hydrogen-bond donors (Lipinski definition) is 4. The molecule has 0 aromatic heterocycles. The molecule has 0 aliphatic rings. The van der Waals surface area contributed by atoms with Crippen molar-refractivity contribution in [3.63, 3.8) is 0 Å². The third kappa shape index (κ3) is 75.1. The van der Waals surface area contributed by atoms with E-state index in [4.69, 9.17) is 29.2 Å². The summed E-state index contributed by atoms with van der Waals surface area (Å²) in [7, 11) is 0. The Morgan fingerprint density at radius 1 is 0.400 bits per heavy atom. The van der Waals surface area contributed by atoms with Gasteiger partial charge in [-0.15, -0.1) is 0 Å². The van der Waals surface area contributed by atoms with Crippen molar-refractivity contribution in [2.24, 2.45) is 0 Å². The SMILES string of the molecule is CCC.CCCCC.CCCCOCC(O)CC.CCCCOCC(O)CN(CCC)CCC.CCCOCC(C)O.CCCOCC(O)CN(CC)CC. The maximum atomic E-state index is 9.81. The predicted octanol–water partition coefficient (Wildman–Crippen LogP) is 9.38. The summed E-state index contributed by atoms with van der Waals surface area (Å²) in [6.45, 7) is 39.8. The van der Waals surface area contributed by atoms with Crippen molar-refractivity contribution in [1.29, 1.82) is 0 Å². The molecule has 10 nitrogen and oxygen atoms in total. The maximum Gasteiger partial charge on any atom is 0.0900 e. The van der Waals surface area contributed by atoms with Crippen LogP contribution in [0.15, 0.2) is 0 Å². The molecule has 10 heteroatoms. The van der Waals surface area contributed by atoms with Gasteiger partial charge in [-0.1, -0.05) is 129 Å².